The van der Waals surface area contributed by atoms with E-state index >= 15 is 0 Å². The van der Waals surface area contributed by atoms with E-state index in [4.69, 9.17) is 4.74 Å². The standard InChI is InChI=1S/C19H18F3N3O/c20-19(21,22)15-4-6-16(7-5-15)25-18-14(12-24-25)10-13(11-23-18)8-9-26-17-2-1-3-17/h4-7,10-12,17H,1-3,8-9H2. The molecule has 1 aliphatic rings. The Kier molecular flexibility index (Phi) is 4.40. The van der Waals surface area contributed by atoms with Crippen molar-refractivity contribution < 1.29 is 17.9 Å². The van der Waals surface area contributed by atoms with Gasteiger partial charge in [-0.25, -0.2) is 9.67 Å². The summed E-state index contributed by atoms with van der Waals surface area (Å²) in [4.78, 5) is 4.44. The van der Waals surface area contributed by atoms with Gasteiger partial charge in [0.1, 0.15) is 0 Å². The van der Waals surface area contributed by atoms with Gasteiger partial charge in [-0.2, -0.15) is 18.3 Å². The second kappa shape index (κ2) is 6.72. The Morgan fingerprint density at radius 1 is 1.12 bits per heavy atom. The lowest BCUT2D eigenvalue weighted by Gasteiger charge is -2.25. The molecule has 0 amide bonds. The quantitative estimate of drug-likeness (QED) is 0.669. The summed E-state index contributed by atoms with van der Waals surface area (Å²) in [5.74, 6) is 0. The van der Waals surface area contributed by atoms with E-state index in [1.807, 2.05) is 6.07 Å². The Hall–Kier alpha value is -2.41. The van der Waals surface area contributed by atoms with E-state index in [-0.39, 0.29) is 0 Å². The maximum absolute atomic E-state index is 12.7. The zero-order chi connectivity index (χ0) is 18.1. The molecule has 0 atom stereocenters. The highest BCUT2D eigenvalue weighted by atomic mass is 19.4. The van der Waals surface area contributed by atoms with Gasteiger partial charge in [0.15, 0.2) is 5.65 Å². The Morgan fingerprint density at radius 2 is 1.88 bits per heavy atom. The number of fused-ring (bicyclic) bond motifs is 1. The van der Waals surface area contributed by atoms with E-state index in [1.165, 1.54) is 18.6 Å². The van der Waals surface area contributed by atoms with Crippen molar-refractivity contribution in [3.63, 3.8) is 0 Å². The molecule has 4 rings (SSSR count). The van der Waals surface area contributed by atoms with Gasteiger partial charge in [-0.3, -0.25) is 0 Å². The normalized spacial score (nSPS) is 15.3. The SMILES string of the molecule is FC(F)(F)c1ccc(-n2ncc3cc(CCOC4CCC4)cnc32)cc1. The fraction of sp³-hybridized carbons (Fsp3) is 0.368. The number of halogens is 3. The van der Waals surface area contributed by atoms with Crippen LogP contribution in [0.4, 0.5) is 13.2 Å². The van der Waals surface area contributed by atoms with Crippen LogP contribution < -0.4 is 0 Å². The van der Waals surface area contributed by atoms with Gasteiger partial charge in [0.2, 0.25) is 0 Å². The van der Waals surface area contributed by atoms with Crippen molar-refractivity contribution in [1.82, 2.24) is 14.8 Å². The van der Waals surface area contributed by atoms with Gasteiger partial charge in [0, 0.05) is 11.6 Å². The first-order chi connectivity index (χ1) is 12.5. The van der Waals surface area contributed by atoms with Crippen LogP contribution in [0.5, 0.6) is 0 Å². The molecule has 0 saturated heterocycles. The van der Waals surface area contributed by atoms with Crippen LogP contribution in [-0.4, -0.2) is 27.5 Å². The fourth-order valence-corrected chi connectivity index (χ4v) is 2.96. The molecule has 0 radical (unpaired) electrons. The summed E-state index contributed by atoms with van der Waals surface area (Å²) in [7, 11) is 0. The highest BCUT2D eigenvalue weighted by molar-refractivity contribution is 5.76. The molecule has 26 heavy (non-hydrogen) atoms. The average molecular weight is 361 g/mol. The molecule has 0 bridgehead atoms. The van der Waals surface area contributed by atoms with Crippen molar-refractivity contribution in [2.45, 2.75) is 38.0 Å². The lowest BCUT2D eigenvalue weighted by atomic mass is 9.96. The van der Waals surface area contributed by atoms with Crippen LogP contribution in [0.1, 0.15) is 30.4 Å². The maximum Gasteiger partial charge on any atom is 0.416 e. The third-order valence-corrected chi connectivity index (χ3v) is 4.70. The van der Waals surface area contributed by atoms with Crippen molar-refractivity contribution in [3.8, 4) is 5.69 Å². The maximum atomic E-state index is 12.7. The first-order valence-electron chi connectivity index (χ1n) is 8.62. The summed E-state index contributed by atoms with van der Waals surface area (Å²) >= 11 is 0. The molecule has 1 fully saturated rings. The number of rotatable bonds is 5. The molecular formula is C19H18F3N3O. The first kappa shape index (κ1) is 17.0. The van der Waals surface area contributed by atoms with Gasteiger partial charge in [-0.05, 0) is 61.6 Å². The zero-order valence-electron chi connectivity index (χ0n) is 14.0. The zero-order valence-corrected chi connectivity index (χ0v) is 14.0. The van der Waals surface area contributed by atoms with E-state index in [9.17, 15) is 13.2 Å². The molecule has 1 saturated carbocycles. The van der Waals surface area contributed by atoms with Gasteiger partial charge in [-0.1, -0.05) is 0 Å². The van der Waals surface area contributed by atoms with E-state index in [0.717, 1.165) is 42.3 Å². The monoisotopic (exact) mass is 361 g/mol. The van der Waals surface area contributed by atoms with Crippen molar-refractivity contribution in [2.75, 3.05) is 6.61 Å². The highest BCUT2D eigenvalue weighted by Crippen LogP contribution is 2.30. The van der Waals surface area contributed by atoms with Crippen LogP contribution in [0.25, 0.3) is 16.7 Å². The number of aromatic nitrogens is 3. The van der Waals surface area contributed by atoms with Gasteiger partial charge < -0.3 is 4.74 Å². The van der Waals surface area contributed by atoms with Crippen molar-refractivity contribution in [3.05, 3.63) is 53.9 Å². The Labute approximate surface area is 148 Å². The molecule has 1 aliphatic carbocycles. The van der Waals surface area contributed by atoms with E-state index in [0.29, 0.717) is 24.0 Å². The molecule has 0 aliphatic heterocycles. The molecule has 3 aromatic rings. The van der Waals surface area contributed by atoms with Gasteiger partial charge in [-0.15, -0.1) is 0 Å². The average Bonchev–Trinajstić information content (AvgIpc) is 2.99. The molecule has 7 heteroatoms. The summed E-state index contributed by atoms with van der Waals surface area (Å²) in [6.07, 6.45) is 3.85. The number of hydrogen-bond acceptors (Lipinski definition) is 3. The third-order valence-electron chi connectivity index (χ3n) is 4.70. The molecule has 0 spiro atoms. The number of nitrogens with zero attached hydrogens (tertiary/aromatic N) is 3. The van der Waals surface area contributed by atoms with E-state index in [2.05, 4.69) is 10.1 Å². The summed E-state index contributed by atoms with van der Waals surface area (Å²) in [5.41, 5.74) is 1.54. The van der Waals surface area contributed by atoms with Crippen molar-refractivity contribution in [2.24, 2.45) is 0 Å². The molecule has 2 heterocycles. The molecule has 4 nitrogen and oxygen atoms in total. The number of ether oxygens (including phenoxy) is 1. The molecule has 2 aromatic heterocycles. The lowest BCUT2D eigenvalue weighted by molar-refractivity contribution is -0.137. The van der Waals surface area contributed by atoms with Crippen LogP contribution in [-0.2, 0) is 17.3 Å². The summed E-state index contributed by atoms with van der Waals surface area (Å²) < 4.78 is 45.4. The van der Waals surface area contributed by atoms with Crippen LogP contribution >= 0.6 is 0 Å². The summed E-state index contributed by atoms with van der Waals surface area (Å²) in [5, 5.41) is 5.12. The second-order valence-corrected chi connectivity index (χ2v) is 6.53. The third kappa shape index (κ3) is 3.44. The first-order valence-corrected chi connectivity index (χ1v) is 8.62. The van der Waals surface area contributed by atoms with Gasteiger partial charge >= 0.3 is 6.18 Å². The predicted octanol–water partition coefficient (Wildman–Crippen LogP) is 4.55. The van der Waals surface area contributed by atoms with E-state index in [1.54, 1.807) is 17.1 Å². The van der Waals surface area contributed by atoms with E-state index < -0.39 is 11.7 Å². The molecule has 0 N–H and O–H groups in total. The Bertz CT molecular complexity index is 899. The number of alkyl halides is 3. The molecule has 136 valence electrons. The summed E-state index contributed by atoms with van der Waals surface area (Å²) in [6.45, 7) is 0.672. The molecule has 1 aromatic carbocycles. The van der Waals surface area contributed by atoms with Crippen LogP contribution in [0, 0.1) is 0 Å². The number of benzene rings is 1. The second-order valence-electron chi connectivity index (χ2n) is 6.53. The Morgan fingerprint density at radius 3 is 2.54 bits per heavy atom. The van der Waals surface area contributed by atoms with Crippen molar-refractivity contribution >= 4 is 11.0 Å². The minimum atomic E-state index is -4.35. The van der Waals surface area contributed by atoms with Crippen LogP contribution in [0.2, 0.25) is 0 Å². The van der Waals surface area contributed by atoms with Crippen molar-refractivity contribution in [1.29, 1.82) is 0 Å². The number of hydrogen-bond donors (Lipinski definition) is 0. The van der Waals surface area contributed by atoms with Crippen LogP contribution in [0.3, 0.4) is 0 Å². The molecule has 0 unspecified atom stereocenters. The van der Waals surface area contributed by atoms with Gasteiger partial charge in [0.05, 0.1) is 30.2 Å². The topological polar surface area (TPSA) is 39.9 Å². The summed E-state index contributed by atoms with van der Waals surface area (Å²) in [6, 6.07) is 6.90. The number of pyridine rings is 1. The minimum absolute atomic E-state index is 0.411. The highest BCUT2D eigenvalue weighted by Gasteiger charge is 2.30. The Balaban J connectivity index is 1.51. The van der Waals surface area contributed by atoms with Crippen LogP contribution in [0.15, 0.2) is 42.7 Å². The fourth-order valence-electron chi connectivity index (χ4n) is 2.96. The smallest absolute Gasteiger partial charge is 0.378 e. The predicted molar refractivity (Wildman–Crippen MR) is 91.2 cm³/mol. The van der Waals surface area contributed by atoms with Gasteiger partial charge in [0.25, 0.3) is 0 Å². The lowest BCUT2D eigenvalue weighted by Crippen LogP contribution is -2.22. The largest absolute Gasteiger partial charge is 0.416 e. The minimum Gasteiger partial charge on any atom is -0.378 e. The molecular weight excluding hydrogens is 343 g/mol.